The van der Waals surface area contributed by atoms with Crippen LogP contribution >= 0.6 is 0 Å². The number of likely N-dealkylation sites (tertiary alicyclic amines) is 1. The monoisotopic (exact) mass is 392 g/mol. The molecular weight excluding hydrogens is 368 g/mol. The van der Waals surface area contributed by atoms with Crippen molar-refractivity contribution in [2.45, 2.75) is 51.1 Å². The average Bonchev–Trinajstić information content (AvgIpc) is 3.32. The van der Waals surface area contributed by atoms with Crippen molar-refractivity contribution in [3.05, 3.63) is 47.8 Å². The van der Waals surface area contributed by atoms with Gasteiger partial charge in [0.05, 0.1) is 5.69 Å². The number of hydrogen-bond acceptors (Lipinski definition) is 5. The van der Waals surface area contributed by atoms with Gasteiger partial charge in [0.2, 0.25) is 11.8 Å². The van der Waals surface area contributed by atoms with E-state index in [0.29, 0.717) is 11.8 Å². The van der Waals surface area contributed by atoms with Crippen molar-refractivity contribution in [1.29, 1.82) is 0 Å². The Labute approximate surface area is 168 Å². The normalized spacial score (nSPS) is 23.0. The SMILES string of the molecule is Cc1nnc(C23CCCC(C2)N3C(=O)Nc2ccc(C)c(-c3ccn(C)n3)c2)o1. The summed E-state index contributed by atoms with van der Waals surface area (Å²) in [5, 5.41) is 15.8. The highest BCUT2D eigenvalue weighted by Crippen LogP contribution is 2.53. The van der Waals surface area contributed by atoms with E-state index in [1.807, 2.05) is 49.3 Å². The van der Waals surface area contributed by atoms with Gasteiger partial charge in [-0.05, 0) is 49.9 Å². The first kappa shape index (κ1) is 17.9. The number of nitrogens with zero attached hydrogens (tertiary/aromatic N) is 5. The summed E-state index contributed by atoms with van der Waals surface area (Å²) in [5.74, 6) is 1.08. The zero-order valence-corrected chi connectivity index (χ0v) is 16.8. The predicted molar refractivity (Wildman–Crippen MR) is 107 cm³/mol. The molecule has 0 spiro atoms. The number of carbonyl (C=O) groups is 1. The number of aryl methyl sites for hydroxylation is 3. The molecule has 8 nitrogen and oxygen atoms in total. The van der Waals surface area contributed by atoms with Crippen LogP contribution in [0.4, 0.5) is 10.5 Å². The fraction of sp³-hybridized carbons (Fsp3) is 0.429. The molecule has 1 saturated carbocycles. The number of fused-ring (bicyclic) bond motifs is 2. The van der Waals surface area contributed by atoms with E-state index in [2.05, 4.69) is 20.6 Å². The first-order chi connectivity index (χ1) is 14.0. The molecule has 1 aliphatic carbocycles. The predicted octanol–water partition coefficient (Wildman–Crippen LogP) is 3.77. The highest BCUT2D eigenvalue weighted by molar-refractivity contribution is 5.92. The maximum absolute atomic E-state index is 13.2. The summed E-state index contributed by atoms with van der Waals surface area (Å²) in [7, 11) is 1.89. The highest BCUT2D eigenvalue weighted by atomic mass is 16.4. The van der Waals surface area contributed by atoms with Gasteiger partial charge in [-0.25, -0.2) is 4.79 Å². The maximum atomic E-state index is 13.2. The van der Waals surface area contributed by atoms with E-state index < -0.39 is 5.54 Å². The lowest BCUT2D eigenvalue weighted by Gasteiger charge is -2.59. The number of anilines is 1. The van der Waals surface area contributed by atoms with Gasteiger partial charge in [0.1, 0.15) is 5.54 Å². The lowest BCUT2D eigenvalue weighted by atomic mass is 9.68. The van der Waals surface area contributed by atoms with Crippen LogP contribution in [0.25, 0.3) is 11.3 Å². The van der Waals surface area contributed by atoms with Crippen molar-refractivity contribution in [1.82, 2.24) is 24.9 Å². The third kappa shape index (κ3) is 2.82. The molecule has 1 saturated heterocycles. The minimum absolute atomic E-state index is 0.118. The van der Waals surface area contributed by atoms with E-state index in [-0.39, 0.29) is 12.1 Å². The number of benzene rings is 1. The number of nitrogens with one attached hydrogen (secondary N) is 1. The Morgan fingerprint density at radius 3 is 2.83 bits per heavy atom. The molecule has 3 heterocycles. The molecule has 2 amide bonds. The summed E-state index contributed by atoms with van der Waals surface area (Å²) >= 11 is 0. The largest absolute Gasteiger partial charge is 0.423 e. The van der Waals surface area contributed by atoms with Crippen molar-refractivity contribution >= 4 is 11.7 Å². The third-order valence-electron chi connectivity index (χ3n) is 6.15. The third-order valence-corrected chi connectivity index (χ3v) is 6.15. The van der Waals surface area contributed by atoms with Crippen LogP contribution in [0.1, 0.15) is 43.0 Å². The molecule has 29 heavy (non-hydrogen) atoms. The van der Waals surface area contributed by atoms with Gasteiger partial charge in [-0.1, -0.05) is 6.07 Å². The summed E-state index contributed by atoms with van der Waals surface area (Å²) in [6.45, 7) is 3.82. The number of piperidine rings is 1. The van der Waals surface area contributed by atoms with Crippen molar-refractivity contribution in [2.75, 3.05) is 5.32 Å². The summed E-state index contributed by atoms with van der Waals surface area (Å²) in [5.41, 5.74) is 3.29. The average molecular weight is 392 g/mol. The van der Waals surface area contributed by atoms with E-state index in [1.165, 1.54) is 0 Å². The molecule has 2 aromatic heterocycles. The first-order valence-electron chi connectivity index (χ1n) is 9.98. The van der Waals surface area contributed by atoms with Gasteiger partial charge in [-0.15, -0.1) is 10.2 Å². The molecule has 8 heteroatoms. The highest BCUT2D eigenvalue weighted by Gasteiger charge is 2.60. The molecule has 5 rings (SSSR count). The number of amides is 2. The molecule has 2 bridgehead atoms. The molecule has 0 radical (unpaired) electrons. The van der Waals surface area contributed by atoms with Gasteiger partial charge in [0.15, 0.2) is 0 Å². The molecule has 1 aliphatic heterocycles. The maximum Gasteiger partial charge on any atom is 0.322 e. The smallest absolute Gasteiger partial charge is 0.322 e. The Morgan fingerprint density at radius 1 is 1.28 bits per heavy atom. The molecule has 3 aromatic rings. The van der Waals surface area contributed by atoms with Crippen LogP contribution < -0.4 is 5.32 Å². The minimum atomic E-state index is -0.469. The first-order valence-corrected chi connectivity index (χ1v) is 9.98. The quantitative estimate of drug-likeness (QED) is 0.733. The number of aromatic nitrogens is 4. The fourth-order valence-corrected chi connectivity index (χ4v) is 4.76. The molecule has 2 unspecified atom stereocenters. The van der Waals surface area contributed by atoms with Gasteiger partial charge in [-0.2, -0.15) is 5.10 Å². The second-order valence-corrected chi connectivity index (χ2v) is 8.11. The summed E-state index contributed by atoms with van der Waals surface area (Å²) in [6.07, 6.45) is 5.72. The molecule has 1 aromatic carbocycles. The second kappa shape index (κ2) is 6.43. The number of urea groups is 1. The van der Waals surface area contributed by atoms with Crippen LogP contribution in [0, 0.1) is 13.8 Å². The van der Waals surface area contributed by atoms with Crippen molar-refractivity contribution in [3.63, 3.8) is 0 Å². The van der Waals surface area contributed by atoms with Gasteiger partial charge in [-0.3, -0.25) is 4.68 Å². The van der Waals surface area contributed by atoms with E-state index in [4.69, 9.17) is 4.42 Å². The summed E-state index contributed by atoms with van der Waals surface area (Å²) in [4.78, 5) is 15.1. The number of hydrogen-bond donors (Lipinski definition) is 1. The van der Waals surface area contributed by atoms with Crippen molar-refractivity contribution in [2.24, 2.45) is 7.05 Å². The molecule has 2 atom stereocenters. The Kier molecular flexibility index (Phi) is 3.97. The van der Waals surface area contributed by atoms with Crippen LogP contribution in [-0.2, 0) is 12.6 Å². The van der Waals surface area contributed by atoms with Gasteiger partial charge in [0, 0.05) is 43.9 Å². The summed E-state index contributed by atoms with van der Waals surface area (Å²) in [6, 6.07) is 7.99. The Bertz CT molecular complexity index is 1080. The van der Waals surface area contributed by atoms with Gasteiger partial charge in [0.25, 0.3) is 0 Å². The zero-order valence-electron chi connectivity index (χ0n) is 16.8. The molecular formula is C21H24N6O2. The molecule has 2 fully saturated rings. The van der Waals surface area contributed by atoms with Crippen LogP contribution in [0.3, 0.4) is 0 Å². The Morgan fingerprint density at radius 2 is 2.14 bits per heavy atom. The fourth-order valence-electron chi connectivity index (χ4n) is 4.76. The lowest BCUT2D eigenvalue weighted by Crippen LogP contribution is -2.69. The molecule has 150 valence electrons. The van der Waals surface area contributed by atoms with Gasteiger partial charge < -0.3 is 14.6 Å². The van der Waals surface area contributed by atoms with Crippen LogP contribution in [0.5, 0.6) is 0 Å². The van der Waals surface area contributed by atoms with Crippen molar-refractivity contribution < 1.29 is 9.21 Å². The number of carbonyl (C=O) groups excluding carboxylic acids is 1. The molecule has 2 aliphatic rings. The lowest BCUT2D eigenvalue weighted by molar-refractivity contribution is -0.0912. The Hall–Kier alpha value is -3.16. The molecule has 1 N–H and O–H groups in total. The summed E-state index contributed by atoms with van der Waals surface area (Å²) < 4.78 is 7.51. The Balaban J connectivity index is 1.42. The van der Waals surface area contributed by atoms with E-state index in [0.717, 1.165) is 48.2 Å². The zero-order chi connectivity index (χ0) is 20.2. The van der Waals surface area contributed by atoms with E-state index in [9.17, 15) is 4.79 Å². The topological polar surface area (TPSA) is 89.1 Å². The second-order valence-electron chi connectivity index (χ2n) is 8.11. The van der Waals surface area contributed by atoms with Crippen LogP contribution in [0.2, 0.25) is 0 Å². The van der Waals surface area contributed by atoms with E-state index >= 15 is 0 Å². The minimum Gasteiger partial charge on any atom is -0.423 e. The van der Waals surface area contributed by atoms with Crippen molar-refractivity contribution in [3.8, 4) is 11.3 Å². The number of rotatable bonds is 3. The van der Waals surface area contributed by atoms with E-state index in [1.54, 1.807) is 11.6 Å². The van der Waals surface area contributed by atoms with Gasteiger partial charge >= 0.3 is 6.03 Å². The standard InChI is InChI=1S/C21H24N6O2/c1-13-6-7-15(11-17(13)18-8-10-26(3)25-18)22-20(28)27-16-5-4-9-21(27,12-16)19-24-23-14(2)29-19/h6-8,10-11,16H,4-5,9,12H2,1-3H3,(H,22,28). The van der Waals surface area contributed by atoms with Crippen LogP contribution in [-0.4, -0.2) is 37.0 Å². The van der Waals surface area contributed by atoms with Crippen LogP contribution in [0.15, 0.2) is 34.9 Å².